The monoisotopic (exact) mass is 304 g/mol. The van der Waals surface area contributed by atoms with Gasteiger partial charge in [-0.15, -0.1) is 11.8 Å². The number of benzene rings is 1. The summed E-state index contributed by atoms with van der Waals surface area (Å²) in [5.74, 6) is 0.706. The van der Waals surface area contributed by atoms with Gasteiger partial charge in [0.1, 0.15) is 6.04 Å². The number of amides is 2. The molecule has 1 aromatic carbocycles. The van der Waals surface area contributed by atoms with Crippen molar-refractivity contribution in [3.63, 3.8) is 0 Å². The summed E-state index contributed by atoms with van der Waals surface area (Å²) in [5, 5.41) is 3.00. The molecule has 2 atom stereocenters. The van der Waals surface area contributed by atoms with Crippen LogP contribution in [0.5, 0.6) is 0 Å². The van der Waals surface area contributed by atoms with Crippen LogP contribution in [0.2, 0.25) is 0 Å². The summed E-state index contributed by atoms with van der Waals surface area (Å²) in [4.78, 5) is 26.3. The molecule has 2 saturated heterocycles. The second kappa shape index (κ2) is 5.05. The number of nitrogens with one attached hydrogen (secondary N) is 1. The Bertz CT molecular complexity index is 616. The molecule has 1 aromatic rings. The van der Waals surface area contributed by atoms with Gasteiger partial charge in [0, 0.05) is 17.9 Å². The average molecular weight is 304 g/mol. The van der Waals surface area contributed by atoms with Crippen LogP contribution in [0.25, 0.3) is 0 Å². The van der Waals surface area contributed by atoms with Gasteiger partial charge in [0.15, 0.2) is 0 Å². The molecule has 2 heterocycles. The van der Waals surface area contributed by atoms with Crippen molar-refractivity contribution in [3.05, 3.63) is 29.3 Å². The molecule has 0 spiro atoms. The van der Waals surface area contributed by atoms with E-state index in [-0.39, 0.29) is 22.7 Å². The Morgan fingerprint density at radius 3 is 2.95 bits per heavy atom. The minimum Gasteiger partial charge on any atom is -0.324 e. The molecule has 21 heavy (non-hydrogen) atoms. The lowest BCUT2D eigenvalue weighted by Gasteiger charge is -2.30. The summed E-state index contributed by atoms with van der Waals surface area (Å²) in [5.41, 5.74) is 2.99. The van der Waals surface area contributed by atoms with Gasteiger partial charge in [-0.2, -0.15) is 0 Å². The van der Waals surface area contributed by atoms with Crippen LogP contribution in [-0.2, 0) is 9.59 Å². The molecule has 2 aliphatic rings. The Hall–Kier alpha value is -1.49. The van der Waals surface area contributed by atoms with Crippen molar-refractivity contribution in [2.24, 2.45) is 0 Å². The Morgan fingerprint density at radius 2 is 2.19 bits per heavy atom. The number of rotatable bonds is 2. The number of hydrogen-bond donors (Lipinski definition) is 1. The first-order valence-corrected chi connectivity index (χ1v) is 8.23. The molecule has 0 bridgehead atoms. The van der Waals surface area contributed by atoms with Crippen molar-refractivity contribution in [1.82, 2.24) is 4.90 Å². The molecule has 2 amide bonds. The average Bonchev–Trinajstić information content (AvgIpc) is 2.91. The van der Waals surface area contributed by atoms with Gasteiger partial charge >= 0.3 is 0 Å². The number of nitrogens with zero attached hydrogens (tertiary/aromatic N) is 1. The highest BCUT2D eigenvalue weighted by Gasteiger charge is 2.52. The van der Waals surface area contributed by atoms with E-state index in [4.69, 9.17) is 0 Å². The molecule has 5 heteroatoms. The number of aryl methyl sites for hydroxylation is 2. The van der Waals surface area contributed by atoms with E-state index in [1.165, 1.54) is 0 Å². The number of thioether (sulfide) groups is 1. The molecule has 0 saturated carbocycles. The summed E-state index contributed by atoms with van der Waals surface area (Å²) in [6, 6.07) is 5.65. The largest absolute Gasteiger partial charge is 0.324 e. The van der Waals surface area contributed by atoms with E-state index < -0.39 is 0 Å². The molecule has 1 N–H and O–H groups in total. The summed E-state index contributed by atoms with van der Waals surface area (Å²) < 4.78 is 0. The molecule has 4 nitrogen and oxygen atoms in total. The van der Waals surface area contributed by atoms with Crippen LogP contribution in [0.15, 0.2) is 18.2 Å². The topological polar surface area (TPSA) is 49.4 Å². The number of anilines is 1. The number of carbonyl (C=O) groups is 2. The van der Waals surface area contributed by atoms with E-state index in [1.54, 1.807) is 16.7 Å². The molecular weight excluding hydrogens is 284 g/mol. The standard InChI is InChI=1S/C16H20N2O2S/c1-10-4-5-11(2)12(8-10)17-15(20)13-9-21-16(3)7-6-14(19)18(13)16/h4-5,8,13H,6-7,9H2,1-3H3,(H,17,20)/t13-,16-/m0/s1. The van der Waals surface area contributed by atoms with Crippen molar-refractivity contribution in [2.45, 2.75) is 44.5 Å². The van der Waals surface area contributed by atoms with Gasteiger partial charge < -0.3 is 10.2 Å². The lowest BCUT2D eigenvalue weighted by molar-refractivity contribution is -0.135. The predicted octanol–water partition coefficient (Wildman–Crippen LogP) is 2.70. The van der Waals surface area contributed by atoms with Crippen molar-refractivity contribution < 1.29 is 9.59 Å². The SMILES string of the molecule is Cc1ccc(C)c(NC(=O)[C@@H]2CS[C@@]3(C)CCC(=O)N23)c1. The highest BCUT2D eigenvalue weighted by Crippen LogP contribution is 2.47. The maximum absolute atomic E-state index is 12.6. The Morgan fingerprint density at radius 1 is 1.43 bits per heavy atom. The highest BCUT2D eigenvalue weighted by molar-refractivity contribution is 8.01. The van der Waals surface area contributed by atoms with Crippen molar-refractivity contribution in [1.29, 1.82) is 0 Å². The van der Waals surface area contributed by atoms with E-state index in [0.717, 1.165) is 23.2 Å². The van der Waals surface area contributed by atoms with Crippen LogP contribution in [0, 0.1) is 13.8 Å². The van der Waals surface area contributed by atoms with E-state index in [0.29, 0.717) is 12.2 Å². The van der Waals surface area contributed by atoms with Crippen LogP contribution in [-0.4, -0.2) is 33.4 Å². The van der Waals surface area contributed by atoms with Gasteiger partial charge in [-0.3, -0.25) is 9.59 Å². The zero-order chi connectivity index (χ0) is 15.2. The minimum atomic E-state index is -0.352. The molecule has 0 unspecified atom stereocenters. The third-order valence-corrected chi connectivity index (χ3v) is 5.90. The first-order valence-electron chi connectivity index (χ1n) is 7.25. The zero-order valence-corrected chi connectivity index (χ0v) is 13.4. The fraction of sp³-hybridized carbons (Fsp3) is 0.500. The van der Waals surface area contributed by atoms with Crippen LogP contribution in [0.1, 0.15) is 30.9 Å². The quantitative estimate of drug-likeness (QED) is 0.914. The first-order chi connectivity index (χ1) is 9.90. The van der Waals surface area contributed by atoms with E-state index in [2.05, 4.69) is 12.2 Å². The lowest BCUT2D eigenvalue weighted by atomic mass is 10.1. The highest BCUT2D eigenvalue weighted by atomic mass is 32.2. The third-order valence-electron chi connectivity index (χ3n) is 4.40. The summed E-state index contributed by atoms with van der Waals surface area (Å²) >= 11 is 1.72. The van der Waals surface area contributed by atoms with Crippen molar-refractivity contribution in [3.8, 4) is 0 Å². The molecular formula is C16H20N2O2S. The molecule has 2 aliphatic heterocycles. The predicted molar refractivity (Wildman–Crippen MR) is 85.3 cm³/mol. The minimum absolute atomic E-state index is 0.0739. The maximum atomic E-state index is 12.6. The maximum Gasteiger partial charge on any atom is 0.248 e. The Kier molecular flexibility index (Phi) is 3.48. The van der Waals surface area contributed by atoms with Crippen molar-refractivity contribution in [2.75, 3.05) is 11.1 Å². The summed E-state index contributed by atoms with van der Waals surface area (Å²) in [7, 11) is 0. The van der Waals surface area contributed by atoms with Gasteiger partial charge in [-0.1, -0.05) is 12.1 Å². The van der Waals surface area contributed by atoms with Gasteiger partial charge in [0.05, 0.1) is 4.87 Å². The molecule has 3 rings (SSSR count). The normalized spacial score (nSPS) is 27.9. The van der Waals surface area contributed by atoms with Crippen LogP contribution < -0.4 is 5.32 Å². The second-order valence-electron chi connectivity index (χ2n) is 6.07. The number of carbonyl (C=O) groups excluding carboxylic acids is 2. The summed E-state index contributed by atoms with van der Waals surface area (Å²) in [6.07, 6.45) is 1.39. The van der Waals surface area contributed by atoms with E-state index in [1.807, 2.05) is 32.0 Å². The van der Waals surface area contributed by atoms with E-state index >= 15 is 0 Å². The van der Waals surface area contributed by atoms with Gasteiger partial charge in [0.25, 0.3) is 0 Å². The fourth-order valence-electron chi connectivity index (χ4n) is 3.10. The van der Waals surface area contributed by atoms with Crippen LogP contribution >= 0.6 is 11.8 Å². The smallest absolute Gasteiger partial charge is 0.248 e. The van der Waals surface area contributed by atoms with Crippen molar-refractivity contribution >= 4 is 29.3 Å². The lowest BCUT2D eigenvalue weighted by Crippen LogP contribution is -2.48. The second-order valence-corrected chi connectivity index (χ2v) is 7.57. The van der Waals surface area contributed by atoms with Crippen LogP contribution in [0.4, 0.5) is 5.69 Å². The third kappa shape index (κ3) is 2.44. The number of fused-ring (bicyclic) bond motifs is 1. The summed E-state index contributed by atoms with van der Waals surface area (Å²) in [6.45, 7) is 6.04. The molecule has 112 valence electrons. The van der Waals surface area contributed by atoms with Crippen LogP contribution in [0.3, 0.4) is 0 Å². The Labute approximate surface area is 129 Å². The first kappa shape index (κ1) is 14.4. The van der Waals surface area contributed by atoms with E-state index in [9.17, 15) is 9.59 Å². The van der Waals surface area contributed by atoms with Gasteiger partial charge in [-0.05, 0) is 44.4 Å². The molecule has 0 aromatic heterocycles. The molecule has 0 aliphatic carbocycles. The molecule has 2 fully saturated rings. The number of hydrogen-bond acceptors (Lipinski definition) is 3. The zero-order valence-electron chi connectivity index (χ0n) is 12.6. The van der Waals surface area contributed by atoms with Gasteiger partial charge in [-0.25, -0.2) is 0 Å². The molecule has 0 radical (unpaired) electrons. The van der Waals surface area contributed by atoms with Gasteiger partial charge in [0.2, 0.25) is 11.8 Å². The fourth-order valence-corrected chi connectivity index (χ4v) is 4.53. The Balaban J connectivity index is 1.80.